The fraction of sp³-hybridized carbons (Fsp3) is 0.647. The molecule has 2 rings (SSSR count). The summed E-state index contributed by atoms with van der Waals surface area (Å²) in [6.07, 6.45) is 3.64. The van der Waals surface area contributed by atoms with E-state index in [9.17, 15) is 9.32 Å². The zero-order valence-electron chi connectivity index (χ0n) is 13.5. The van der Waals surface area contributed by atoms with Crippen molar-refractivity contribution in [3.05, 3.63) is 35.4 Å². The van der Waals surface area contributed by atoms with Gasteiger partial charge in [0.05, 0.1) is 21.8 Å². The number of aryl methyl sites for hydroxylation is 1. The third kappa shape index (κ3) is 3.74. The van der Waals surface area contributed by atoms with E-state index in [-0.39, 0.29) is 10.8 Å². The molecule has 1 aromatic carbocycles. The van der Waals surface area contributed by atoms with Gasteiger partial charge in [-0.05, 0) is 46.1 Å². The van der Waals surface area contributed by atoms with Gasteiger partial charge in [0.2, 0.25) is 0 Å². The van der Waals surface area contributed by atoms with Crippen LogP contribution in [0.4, 0.5) is 0 Å². The molecule has 2 N–H and O–H groups in total. The highest BCUT2D eigenvalue weighted by molar-refractivity contribution is 7.84. The third-order valence-corrected chi connectivity index (χ3v) is 5.85. The van der Waals surface area contributed by atoms with Gasteiger partial charge >= 0.3 is 0 Å². The predicted octanol–water partition coefficient (Wildman–Crippen LogP) is 3.18. The van der Waals surface area contributed by atoms with E-state index in [0.29, 0.717) is 0 Å². The van der Waals surface area contributed by atoms with Gasteiger partial charge in [0.25, 0.3) is 0 Å². The molecule has 0 aliphatic heterocycles. The van der Waals surface area contributed by atoms with Crippen LogP contribution in [-0.4, -0.2) is 20.1 Å². The number of aliphatic hydroxyl groups is 1. The fourth-order valence-electron chi connectivity index (χ4n) is 2.81. The molecule has 1 saturated carbocycles. The number of nitrogens with one attached hydrogen (secondary N) is 1. The molecule has 4 heteroatoms. The summed E-state index contributed by atoms with van der Waals surface area (Å²) >= 11 is 0. The Balaban J connectivity index is 2.25. The first-order valence-electron chi connectivity index (χ1n) is 7.71. The van der Waals surface area contributed by atoms with Gasteiger partial charge in [-0.25, -0.2) is 8.93 Å². The normalized spacial score (nSPS) is 28.3. The molecule has 0 radical (unpaired) electrons. The minimum atomic E-state index is -1.17. The standard InChI is InChI=1S/C17H27NO2S/c1-13-8-10-14(11-9-13)17(19)12-6-5-7-15(17)18-21(20)16(2,3)4/h8-11,15,18-19H,5-7,12H2,1-4H3/t15-,17+,21+/m0/s1. The Kier molecular flexibility index (Phi) is 4.91. The Morgan fingerprint density at radius 1 is 1.24 bits per heavy atom. The second kappa shape index (κ2) is 6.19. The van der Waals surface area contributed by atoms with Gasteiger partial charge in [0, 0.05) is 0 Å². The second-order valence-electron chi connectivity index (χ2n) is 7.09. The maximum absolute atomic E-state index is 12.4. The first kappa shape index (κ1) is 16.7. The molecule has 0 unspecified atom stereocenters. The van der Waals surface area contributed by atoms with E-state index in [2.05, 4.69) is 4.72 Å². The van der Waals surface area contributed by atoms with Crippen LogP contribution < -0.4 is 4.72 Å². The van der Waals surface area contributed by atoms with Crippen LogP contribution in [0.5, 0.6) is 0 Å². The Hall–Kier alpha value is -0.710. The van der Waals surface area contributed by atoms with Crippen molar-refractivity contribution in [1.29, 1.82) is 0 Å². The summed E-state index contributed by atoms with van der Waals surface area (Å²) in [5.74, 6) is 0. The largest absolute Gasteiger partial charge is 0.383 e. The molecule has 0 bridgehead atoms. The highest BCUT2D eigenvalue weighted by atomic mass is 32.2. The molecule has 0 amide bonds. The Bertz CT molecular complexity index is 507. The lowest BCUT2D eigenvalue weighted by atomic mass is 9.76. The van der Waals surface area contributed by atoms with Crippen molar-refractivity contribution in [2.75, 3.05) is 0 Å². The van der Waals surface area contributed by atoms with E-state index in [0.717, 1.165) is 31.2 Å². The highest BCUT2D eigenvalue weighted by Gasteiger charge is 2.42. The molecule has 118 valence electrons. The van der Waals surface area contributed by atoms with E-state index >= 15 is 0 Å². The van der Waals surface area contributed by atoms with Crippen molar-refractivity contribution in [3.63, 3.8) is 0 Å². The monoisotopic (exact) mass is 309 g/mol. The van der Waals surface area contributed by atoms with E-state index in [1.807, 2.05) is 52.0 Å². The third-order valence-electron chi connectivity index (χ3n) is 4.23. The van der Waals surface area contributed by atoms with E-state index in [1.54, 1.807) is 0 Å². The lowest BCUT2D eigenvalue weighted by Gasteiger charge is -2.41. The average Bonchev–Trinajstić information content (AvgIpc) is 2.41. The van der Waals surface area contributed by atoms with Gasteiger partial charge in [0.1, 0.15) is 5.60 Å². The molecule has 0 aromatic heterocycles. The number of benzene rings is 1. The topological polar surface area (TPSA) is 49.3 Å². The summed E-state index contributed by atoms with van der Waals surface area (Å²) in [5, 5.41) is 11.2. The summed E-state index contributed by atoms with van der Waals surface area (Å²) < 4.78 is 15.3. The Morgan fingerprint density at radius 3 is 2.43 bits per heavy atom. The van der Waals surface area contributed by atoms with Crippen LogP contribution in [0.1, 0.15) is 57.6 Å². The van der Waals surface area contributed by atoms with Gasteiger partial charge in [-0.1, -0.05) is 42.7 Å². The molecule has 1 fully saturated rings. The SMILES string of the molecule is Cc1ccc([C@]2(O)CCCC[C@@H]2N[S@](=O)C(C)(C)C)cc1. The van der Waals surface area contributed by atoms with E-state index in [1.165, 1.54) is 5.56 Å². The van der Waals surface area contributed by atoms with Crippen LogP contribution in [0.15, 0.2) is 24.3 Å². The molecule has 3 nitrogen and oxygen atoms in total. The summed E-state index contributed by atoms with van der Waals surface area (Å²) in [6, 6.07) is 7.89. The fourth-order valence-corrected chi connectivity index (χ4v) is 3.73. The first-order valence-corrected chi connectivity index (χ1v) is 8.86. The van der Waals surface area contributed by atoms with Crippen molar-refractivity contribution in [2.24, 2.45) is 0 Å². The Morgan fingerprint density at radius 2 is 1.86 bits per heavy atom. The Labute approximate surface area is 130 Å². The van der Waals surface area contributed by atoms with Crippen molar-refractivity contribution in [3.8, 4) is 0 Å². The summed E-state index contributed by atoms with van der Waals surface area (Å²) in [6.45, 7) is 7.89. The minimum Gasteiger partial charge on any atom is -0.383 e. The summed E-state index contributed by atoms with van der Waals surface area (Å²) in [5.41, 5.74) is 1.18. The first-order chi connectivity index (χ1) is 9.73. The summed E-state index contributed by atoms with van der Waals surface area (Å²) in [4.78, 5) is 0. The lowest BCUT2D eigenvalue weighted by molar-refractivity contribution is -0.0246. The molecule has 0 saturated heterocycles. The molecule has 1 aliphatic rings. The van der Waals surface area contributed by atoms with E-state index < -0.39 is 16.6 Å². The molecular weight excluding hydrogens is 282 g/mol. The number of hydrogen-bond donors (Lipinski definition) is 2. The zero-order chi connectivity index (χ0) is 15.7. The number of hydrogen-bond acceptors (Lipinski definition) is 2. The zero-order valence-corrected chi connectivity index (χ0v) is 14.3. The molecular formula is C17H27NO2S. The van der Waals surface area contributed by atoms with Gasteiger partial charge in [-0.2, -0.15) is 0 Å². The van der Waals surface area contributed by atoms with E-state index in [4.69, 9.17) is 0 Å². The quantitative estimate of drug-likeness (QED) is 0.901. The molecule has 3 atom stereocenters. The summed E-state index contributed by atoms with van der Waals surface area (Å²) in [7, 11) is -1.17. The molecule has 21 heavy (non-hydrogen) atoms. The minimum absolute atomic E-state index is 0.158. The van der Waals surface area contributed by atoms with Crippen LogP contribution >= 0.6 is 0 Å². The predicted molar refractivity (Wildman–Crippen MR) is 88.4 cm³/mol. The number of rotatable bonds is 3. The molecule has 0 spiro atoms. The van der Waals surface area contributed by atoms with Gasteiger partial charge in [0.15, 0.2) is 0 Å². The van der Waals surface area contributed by atoms with Crippen molar-refractivity contribution in [2.45, 2.75) is 69.8 Å². The van der Waals surface area contributed by atoms with Crippen molar-refractivity contribution in [1.82, 2.24) is 4.72 Å². The molecule has 1 aromatic rings. The molecule has 0 heterocycles. The van der Waals surface area contributed by atoms with Crippen molar-refractivity contribution >= 4 is 11.0 Å². The highest BCUT2D eigenvalue weighted by Crippen LogP contribution is 2.38. The lowest BCUT2D eigenvalue weighted by Crippen LogP contribution is -2.53. The van der Waals surface area contributed by atoms with Crippen molar-refractivity contribution < 1.29 is 9.32 Å². The maximum atomic E-state index is 12.4. The average molecular weight is 309 g/mol. The smallest absolute Gasteiger partial charge is 0.106 e. The van der Waals surface area contributed by atoms with Crippen LogP contribution in [0.3, 0.4) is 0 Å². The van der Waals surface area contributed by atoms with Crippen LogP contribution in [-0.2, 0) is 16.6 Å². The van der Waals surface area contributed by atoms with Crippen LogP contribution in [0.2, 0.25) is 0 Å². The molecule has 1 aliphatic carbocycles. The van der Waals surface area contributed by atoms with Gasteiger partial charge in [-0.3, -0.25) is 0 Å². The second-order valence-corrected chi connectivity index (χ2v) is 9.09. The maximum Gasteiger partial charge on any atom is 0.106 e. The van der Waals surface area contributed by atoms with Gasteiger partial charge in [-0.15, -0.1) is 0 Å². The van der Waals surface area contributed by atoms with Crippen LogP contribution in [0.25, 0.3) is 0 Å². The van der Waals surface area contributed by atoms with Crippen LogP contribution in [0, 0.1) is 6.92 Å². The van der Waals surface area contributed by atoms with Gasteiger partial charge < -0.3 is 5.11 Å².